The lowest BCUT2D eigenvalue weighted by Crippen LogP contribution is -1.67. The summed E-state index contributed by atoms with van der Waals surface area (Å²) >= 11 is 0. The average molecular weight is 91.2 g/mol. The highest BCUT2D eigenvalue weighted by molar-refractivity contribution is 4.52. The van der Waals surface area contributed by atoms with Crippen LogP contribution in [0.3, 0.4) is 0 Å². The first kappa shape index (κ1) is 1.24. The predicted molar refractivity (Wildman–Crippen MR) is 29.5 cm³/mol. The van der Waals surface area contributed by atoms with E-state index in [0.29, 0.717) is 12.8 Å². The van der Waals surface area contributed by atoms with E-state index in [1.54, 1.807) is 0 Å². The van der Waals surface area contributed by atoms with Crippen LogP contribution in [0.4, 0.5) is 0 Å². The van der Waals surface area contributed by atoms with E-state index in [4.69, 9.17) is 8.22 Å². The van der Waals surface area contributed by atoms with Crippen molar-refractivity contribution >= 4 is 0 Å². The van der Waals surface area contributed by atoms with Crippen molar-refractivity contribution in [3.8, 4) is 0 Å². The lowest BCUT2D eigenvalue weighted by Gasteiger charge is -1.85. The monoisotopic (exact) mass is 91.1 g/mol. The maximum absolute atomic E-state index is 6.85. The lowest BCUT2D eigenvalue weighted by atomic mass is 10.2. The van der Waals surface area contributed by atoms with E-state index in [2.05, 4.69) is 0 Å². The van der Waals surface area contributed by atoms with Crippen LogP contribution in [0.25, 0.3) is 0 Å². The van der Waals surface area contributed by atoms with Crippen molar-refractivity contribution in [1.82, 2.24) is 0 Å². The molecular weight excluding hydrogens is 72.1 g/mol. The Balaban J connectivity index is 3.35. The van der Waals surface area contributed by atoms with Crippen molar-refractivity contribution in [3.63, 3.8) is 0 Å². The molecule has 0 rings (SSSR count). The SMILES string of the molecule is [2H]C([2H])([2H])[CH]CCCC([2H])([2H])[2H]. The standard InChI is InChI=1S/C6H13/c1-3-5-6-4-2/h3H,4-6H2,1-2H3/i1D3,2D3. The van der Waals surface area contributed by atoms with Crippen molar-refractivity contribution in [3.05, 3.63) is 6.42 Å². The third-order valence-electron chi connectivity index (χ3n) is 0.525. The highest BCUT2D eigenvalue weighted by atomic mass is 13.8. The molecule has 0 aromatic carbocycles. The Bertz CT molecular complexity index is 105. The molecule has 0 unspecified atom stereocenters. The number of hydrogen-bond donors (Lipinski definition) is 0. The molecule has 0 amide bonds. The molecule has 0 saturated carbocycles. The summed E-state index contributed by atoms with van der Waals surface area (Å²) in [7, 11) is 0. The van der Waals surface area contributed by atoms with Gasteiger partial charge in [0.1, 0.15) is 0 Å². The molecule has 6 heavy (non-hydrogen) atoms. The maximum atomic E-state index is 6.85. The van der Waals surface area contributed by atoms with Crippen molar-refractivity contribution in [2.75, 3.05) is 0 Å². The van der Waals surface area contributed by atoms with E-state index < -0.39 is 13.7 Å². The Morgan fingerprint density at radius 3 is 3.50 bits per heavy atom. The van der Waals surface area contributed by atoms with Gasteiger partial charge in [-0.2, -0.15) is 0 Å². The van der Waals surface area contributed by atoms with Gasteiger partial charge in [0.05, 0.1) is 0 Å². The predicted octanol–water partition coefficient (Wildman–Crippen LogP) is 2.40. The zero-order valence-corrected chi connectivity index (χ0v) is 3.70. The third-order valence-corrected chi connectivity index (χ3v) is 0.525. The molecule has 37 valence electrons. The lowest BCUT2D eigenvalue weighted by molar-refractivity contribution is 0.784. The van der Waals surface area contributed by atoms with E-state index in [1.807, 2.05) is 0 Å². The molecule has 0 atom stereocenters. The van der Waals surface area contributed by atoms with E-state index >= 15 is 0 Å². The maximum Gasteiger partial charge on any atom is 0.0233 e. The topological polar surface area (TPSA) is 0 Å². The second-order valence-electron chi connectivity index (χ2n) is 1.10. The van der Waals surface area contributed by atoms with Crippen LogP contribution in [0.5, 0.6) is 0 Å². The molecule has 0 saturated heterocycles. The van der Waals surface area contributed by atoms with Crippen LogP contribution in [0.1, 0.15) is 41.2 Å². The van der Waals surface area contributed by atoms with Crippen LogP contribution < -0.4 is 0 Å². The molecule has 0 aliphatic rings. The van der Waals surface area contributed by atoms with Crippen molar-refractivity contribution in [2.45, 2.75) is 33.0 Å². The molecule has 0 bridgehead atoms. The van der Waals surface area contributed by atoms with Crippen LogP contribution in [0, 0.1) is 6.42 Å². The summed E-state index contributed by atoms with van der Waals surface area (Å²) in [5, 5.41) is 0. The Morgan fingerprint density at radius 2 is 2.83 bits per heavy atom. The molecule has 0 heterocycles. The summed E-state index contributed by atoms with van der Waals surface area (Å²) in [6.45, 7) is -3.96. The quantitative estimate of drug-likeness (QED) is 0.468. The summed E-state index contributed by atoms with van der Waals surface area (Å²) in [4.78, 5) is 0. The zero-order valence-electron chi connectivity index (χ0n) is 9.70. The molecule has 0 spiro atoms. The van der Waals surface area contributed by atoms with Crippen molar-refractivity contribution < 1.29 is 8.22 Å². The fraction of sp³-hybridized carbons (Fsp3) is 0.833. The van der Waals surface area contributed by atoms with Gasteiger partial charge in [0, 0.05) is 8.22 Å². The molecule has 0 aliphatic heterocycles. The minimum absolute atomic E-state index is 0.0829. The second kappa shape index (κ2) is 5.00. The fourth-order valence-corrected chi connectivity index (χ4v) is 0.204. The van der Waals surface area contributed by atoms with Gasteiger partial charge in [-0.25, -0.2) is 0 Å². The summed E-state index contributed by atoms with van der Waals surface area (Å²) in [5.41, 5.74) is 0. The fourth-order valence-electron chi connectivity index (χ4n) is 0.204. The molecular formula is C6H13. The van der Waals surface area contributed by atoms with Gasteiger partial charge in [-0.05, 0) is 6.42 Å². The number of rotatable bonds is 3. The van der Waals surface area contributed by atoms with Crippen LogP contribution in [-0.4, -0.2) is 0 Å². The van der Waals surface area contributed by atoms with Crippen LogP contribution >= 0.6 is 0 Å². The smallest absolute Gasteiger partial charge is 0.0233 e. The first-order valence-corrected chi connectivity index (χ1v) is 2.05. The van der Waals surface area contributed by atoms with Gasteiger partial charge in [-0.15, -0.1) is 0 Å². The minimum Gasteiger partial charge on any atom is -0.0654 e. The Labute approximate surface area is 49.0 Å². The van der Waals surface area contributed by atoms with E-state index in [9.17, 15) is 0 Å². The summed E-state index contributed by atoms with van der Waals surface area (Å²) in [5.74, 6) is 0. The van der Waals surface area contributed by atoms with Gasteiger partial charge in [-0.1, -0.05) is 33.0 Å². The molecule has 0 nitrogen and oxygen atoms in total. The van der Waals surface area contributed by atoms with E-state index in [-0.39, 0.29) is 6.42 Å². The summed E-state index contributed by atoms with van der Waals surface area (Å²) < 4.78 is 40.9. The molecule has 1 radical (unpaired) electrons. The van der Waals surface area contributed by atoms with E-state index in [1.165, 1.54) is 6.42 Å². The van der Waals surface area contributed by atoms with Crippen LogP contribution in [-0.2, 0) is 0 Å². The van der Waals surface area contributed by atoms with Crippen LogP contribution in [0.15, 0.2) is 0 Å². The molecule has 0 aromatic rings. The first-order valence-electron chi connectivity index (χ1n) is 5.05. The first-order chi connectivity index (χ1) is 5.21. The van der Waals surface area contributed by atoms with E-state index in [0.717, 1.165) is 0 Å². The molecule has 0 heteroatoms. The second-order valence-corrected chi connectivity index (χ2v) is 1.10. The van der Waals surface area contributed by atoms with Gasteiger partial charge < -0.3 is 0 Å². The van der Waals surface area contributed by atoms with Crippen LogP contribution in [0.2, 0.25) is 0 Å². The normalized spacial score (nSPS) is 28.0. The Morgan fingerprint density at radius 1 is 1.83 bits per heavy atom. The highest BCUT2D eigenvalue weighted by Gasteiger charge is 1.75. The largest absolute Gasteiger partial charge is 0.0654 e. The molecule has 0 fully saturated rings. The molecule has 0 N–H and O–H groups in total. The molecule has 0 aliphatic carbocycles. The van der Waals surface area contributed by atoms with Gasteiger partial charge in [-0.3, -0.25) is 0 Å². The van der Waals surface area contributed by atoms with Gasteiger partial charge in [0.2, 0.25) is 0 Å². The average Bonchev–Trinajstić information content (AvgIpc) is 1.76. The highest BCUT2D eigenvalue weighted by Crippen LogP contribution is 1.94. The van der Waals surface area contributed by atoms with Crippen molar-refractivity contribution in [1.29, 1.82) is 0 Å². The zero-order chi connectivity index (χ0) is 9.83. The van der Waals surface area contributed by atoms with Gasteiger partial charge in [0.25, 0.3) is 0 Å². The Kier molecular flexibility index (Phi) is 1.03. The Hall–Kier alpha value is 0. The minimum atomic E-state index is -2.03. The summed E-state index contributed by atoms with van der Waals surface area (Å²) in [6.07, 6.45) is 2.02. The number of hydrogen-bond acceptors (Lipinski definition) is 0. The van der Waals surface area contributed by atoms with Gasteiger partial charge >= 0.3 is 0 Å². The van der Waals surface area contributed by atoms with Crippen molar-refractivity contribution in [2.24, 2.45) is 0 Å². The van der Waals surface area contributed by atoms with Gasteiger partial charge in [0.15, 0.2) is 0 Å². The number of unbranched alkanes of at least 4 members (excludes halogenated alkanes) is 1. The third kappa shape index (κ3) is 4.00. The summed E-state index contributed by atoms with van der Waals surface area (Å²) in [6, 6.07) is 0. The molecule has 0 aromatic heterocycles.